The molecule has 1 aromatic carbocycles. The van der Waals surface area contributed by atoms with Crippen molar-refractivity contribution in [1.82, 2.24) is 4.98 Å². The third kappa shape index (κ3) is 1.41. The van der Waals surface area contributed by atoms with Crippen LogP contribution in [0.1, 0.15) is 0 Å². The van der Waals surface area contributed by atoms with Gasteiger partial charge in [0, 0.05) is 0 Å². The van der Waals surface area contributed by atoms with Crippen LogP contribution in [-0.2, 0) is 0 Å². The first-order valence-corrected chi connectivity index (χ1v) is 6.13. The summed E-state index contributed by atoms with van der Waals surface area (Å²) in [6, 6.07) is 12.0. The van der Waals surface area contributed by atoms with Crippen LogP contribution in [0.3, 0.4) is 0 Å². The Kier molecular flexibility index (Phi) is 2.21. The number of fused-ring (bicyclic) bond motifs is 1. The molecule has 0 radical (unpaired) electrons. The molecular formula is C9H8InNO. The summed E-state index contributed by atoms with van der Waals surface area (Å²) in [4.78, 5) is 4.32. The molecule has 1 aromatic heterocycles. The van der Waals surface area contributed by atoms with Crippen LogP contribution in [0.5, 0.6) is 5.88 Å². The maximum atomic E-state index is 5.22. The van der Waals surface area contributed by atoms with Crippen molar-refractivity contribution in [3.05, 3.63) is 36.4 Å². The van der Waals surface area contributed by atoms with Gasteiger partial charge in [-0.25, -0.2) is 0 Å². The van der Waals surface area contributed by atoms with Crippen LogP contribution >= 0.6 is 0 Å². The molecule has 2 nitrogen and oxygen atoms in total. The van der Waals surface area contributed by atoms with Crippen molar-refractivity contribution in [1.29, 1.82) is 0 Å². The van der Waals surface area contributed by atoms with E-state index in [1.807, 2.05) is 36.4 Å². The van der Waals surface area contributed by atoms with Crippen molar-refractivity contribution in [2.45, 2.75) is 0 Å². The molecule has 0 atom stereocenters. The Morgan fingerprint density at radius 3 is 2.75 bits per heavy atom. The Balaban J connectivity index is 2.67. The molecule has 0 N–H and O–H groups in total. The first-order valence-electron chi connectivity index (χ1n) is 3.80. The summed E-state index contributed by atoms with van der Waals surface area (Å²) >= 11 is 0.213. The molecule has 0 aliphatic heterocycles. The monoisotopic (exact) mass is 261 g/mol. The third-order valence-electron chi connectivity index (χ3n) is 1.78. The summed E-state index contributed by atoms with van der Waals surface area (Å²) in [5, 5.41) is 1.16. The summed E-state index contributed by atoms with van der Waals surface area (Å²) < 4.78 is 5.22. The average molecular weight is 261 g/mol. The van der Waals surface area contributed by atoms with Gasteiger partial charge in [-0.1, -0.05) is 0 Å². The van der Waals surface area contributed by atoms with Crippen LogP contribution in [0.2, 0.25) is 0 Å². The summed E-state index contributed by atoms with van der Waals surface area (Å²) in [7, 11) is 0. The van der Waals surface area contributed by atoms with Gasteiger partial charge in [-0.15, -0.1) is 0 Å². The fourth-order valence-electron chi connectivity index (χ4n) is 1.16. The summed E-state index contributed by atoms with van der Waals surface area (Å²) in [5.41, 5.74) is 1.00. The fraction of sp³-hybridized carbons (Fsp3) is 0. The number of hydrogen-bond donors (Lipinski definition) is 0. The Labute approximate surface area is 85.8 Å². The second-order valence-corrected chi connectivity index (χ2v) is 3.71. The summed E-state index contributed by atoms with van der Waals surface area (Å²) in [5.74, 6) is 0.754. The van der Waals surface area contributed by atoms with Gasteiger partial charge in [0.1, 0.15) is 0 Å². The molecule has 0 bridgehead atoms. The molecular weight excluding hydrogens is 253 g/mol. The second-order valence-electron chi connectivity index (χ2n) is 2.55. The number of aromatic nitrogens is 1. The predicted octanol–water partition coefficient (Wildman–Crippen LogP) is 1.16. The van der Waals surface area contributed by atoms with Crippen LogP contribution < -0.4 is 2.85 Å². The van der Waals surface area contributed by atoms with Crippen LogP contribution in [0.4, 0.5) is 0 Å². The molecule has 3 heteroatoms. The molecule has 0 aliphatic rings. The summed E-state index contributed by atoms with van der Waals surface area (Å²) in [6.07, 6.45) is 0. The Morgan fingerprint density at radius 1 is 1.08 bits per heavy atom. The first kappa shape index (κ1) is 7.92. The molecule has 58 valence electrons. The van der Waals surface area contributed by atoms with Gasteiger partial charge >= 0.3 is 85.8 Å². The number of para-hydroxylation sites is 1. The topological polar surface area (TPSA) is 22.1 Å². The molecule has 2 rings (SSSR count). The van der Waals surface area contributed by atoms with E-state index in [1.54, 1.807) is 0 Å². The molecule has 0 spiro atoms. The quantitative estimate of drug-likeness (QED) is 0.768. The zero-order chi connectivity index (χ0) is 8.39. The van der Waals surface area contributed by atoms with Crippen LogP contribution in [0, 0.1) is 0 Å². The molecule has 0 saturated heterocycles. The van der Waals surface area contributed by atoms with E-state index in [4.69, 9.17) is 2.85 Å². The minimum atomic E-state index is 0.213. The van der Waals surface area contributed by atoms with E-state index in [2.05, 4.69) is 4.98 Å². The molecule has 0 unspecified atom stereocenters. The first-order chi connectivity index (χ1) is 5.90. The van der Waals surface area contributed by atoms with E-state index in [-0.39, 0.29) is 24.8 Å². The number of nitrogens with zero attached hydrogens (tertiary/aromatic N) is 1. The molecule has 1 heterocycles. The van der Waals surface area contributed by atoms with Crippen LogP contribution in [-0.4, -0.2) is 29.8 Å². The van der Waals surface area contributed by atoms with E-state index in [0.29, 0.717) is 0 Å². The van der Waals surface area contributed by atoms with Crippen molar-refractivity contribution in [3.63, 3.8) is 0 Å². The van der Waals surface area contributed by atoms with Gasteiger partial charge < -0.3 is 0 Å². The minimum absolute atomic E-state index is 0.213. The SMILES string of the molecule is [InH2][O]c1ccc2ccccc2n1. The van der Waals surface area contributed by atoms with Gasteiger partial charge in [-0.05, 0) is 0 Å². The number of benzene rings is 1. The van der Waals surface area contributed by atoms with Crippen LogP contribution in [0.15, 0.2) is 36.4 Å². The van der Waals surface area contributed by atoms with E-state index in [9.17, 15) is 0 Å². The summed E-state index contributed by atoms with van der Waals surface area (Å²) in [6.45, 7) is 0. The number of hydrogen-bond acceptors (Lipinski definition) is 2. The Morgan fingerprint density at radius 2 is 1.92 bits per heavy atom. The van der Waals surface area contributed by atoms with Gasteiger partial charge in [-0.2, -0.15) is 0 Å². The standard InChI is InChI=1S/C9H7NO.In.2H/c11-9-6-5-7-3-1-2-4-8(7)10-9;;;/h1-6H,(H,10,11);;;/q;+1;;/p-1. The van der Waals surface area contributed by atoms with E-state index >= 15 is 0 Å². The fourth-order valence-corrected chi connectivity index (χ4v) is 1.81. The van der Waals surface area contributed by atoms with Crippen molar-refractivity contribution in [2.75, 3.05) is 0 Å². The molecule has 0 saturated carbocycles. The van der Waals surface area contributed by atoms with E-state index in [1.165, 1.54) is 0 Å². The van der Waals surface area contributed by atoms with Crippen molar-refractivity contribution < 1.29 is 2.85 Å². The Bertz CT molecular complexity index is 402. The molecule has 0 aliphatic carbocycles. The van der Waals surface area contributed by atoms with Gasteiger partial charge in [0.25, 0.3) is 0 Å². The molecule has 12 heavy (non-hydrogen) atoms. The van der Waals surface area contributed by atoms with E-state index in [0.717, 1.165) is 16.8 Å². The van der Waals surface area contributed by atoms with Crippen molar-refractivity contribution >= 4 is 35.7 Å². The third-order valence-corrected chi connectivity index (χ3v) is 2.98. The normalized spacial score (nSPS) is 10.0. The molecule has 0 amide bonds. The van der Waals surface area contributed by atoms with Crippen molar-refractivity contribution in [2.24, 2.45) is 0 Å². The van der Waals surface area contributed by atoms with Gasteiger partial charge in [0.2, 0.25) is 0 Å². The van der Waals surface area contributed by atoms with Crippen molar-refractivity contribution in [3.8, 4) is 5.88 Å². The zero-order valence-corrected chi connectivity index (χ0v) is 12.5. The molecule has 2 aromatic rings. The molecule has 0 fully saturated rings. The van der Waals surface area contributed by atoms with E-state index < -0.39 is 0 Å². The van der Waals surface area contributed by atoms with Gasteiger partial charge in [0.15, 0.2) is 0 Å². The van der Waals surface area contributed by atoms with Gasteiger partial charge in [-0.3, -0.25) is 0 Å². The predicted molar refractivity (Wildman–Crippen MR) is 50.9 cm³/mol. The number of rotatable bonds is 1. The maximum absolute atomic E-state index is 5.22. The van der Waals surface area contributed by atoms with Gasteiger partial charge in [0.05, 0.1) is 0 Å². The average Bonchev–Trinajstić information content (AvgIpc) is 2.17. The zero-order valence-electron chi connectivity index (χ0n) is 6.82. The van der Waals surface area contributed by atoms with Crippen LogP contribution in [0.25, 0.3) is 10.9 Å². The number of pyridine rings is 1. The second kappa shape index (κ2) is 3.35. The Hall–Kier alpha value is -0.700.